The van der Waals surface area contributed by atoms with E-state index in [-0.39, 0.29) is 6.61 Å². The monoisotopic (exact) mass is 315 g/mol. The molecular weight excluding hydrogens is 305 g/mol. The number of pyridine rings is 1. The average Bonchev–Trinajstić information content (AvgIpc) is 2.30. The third-order valence-corrected chi connectivity index (χ3v) is 2.23. The molecule has 0 spiro atoms. The molecule has 1 aromatic rings. The van der Waals surface area contributed by atoms with Crippen LogP contribution in [0, 0.1) is 0 Å². The minimum absolute atomic E-state index is 0.0817. The number of nitrogens with one attached hydrogen (secondary N) is 1. The van der Waals surface area contributed by atoms with Crippen molar-refractivity contribution in [2.75, 3.05) is 6.61 Å². The molecule has 0 aromatic carbocycles. The summed E-state index contributed by atoms with van der Waals surface area (Å²) in [4.78, 5) is 24.0. The lowest BCUT2D eigenvalue weighted by Gasteiger charge is -2.15. The van der Waals surface area contributed by atoms with E-state index < -0.39 is 47.7 Å². The number of halogens is 5. The Labute approximate surface area is 114 Å². The molecule has 0 amide bonds. The maximum absolute atomic E-state index is 12.8. The zero-order valence-electron chi connectivity index (χ0n) is 10.6. The van der Waals surface area contributed by atoms with E-state index in [0.29, 0.717) is 6.07 Å². The fourth-order valence-corrected chi connectivity index (χ4v) is 1.52. The lowest BCUT2D eigenvalue weighted by Crippen LogP contribution is -2.23. The minimum Gasteiger partial charge on any atom is -0.466 e. The highest BCUT2D eigenvalue weighted by atomic mass is 19.4. The Hall–Kier alpha value is -2.13. The topological polar surface area (TPSA) is 68.4 Å². The SMILES string of the molecule is CCOC(=O)Cc1c(C(F)F)cc(=O)[nH]c1OC(F)(F)F. The molecule has 0 aliphatic carbocycles. The van der Waals surface area contributed by atoms with Crippen LogP contribution in [0.3, 0.4) is 0 Å². The fourth-order valence-electron chi connectivity index (χ4n) is 1.52. The lowest BCUT2D eigenvalue weighted by atomic mass is 10.1. The van der Waals surface area contributed by atoms with E-state index in [1.54, 1.807) is 4.98 Å². The molecule has 0 unspecified atom stereocenters. The molecule has 0 bridgehead atoms. The summed E-state index contributed by atoms with van der Waals surface area (Å²) in [6.07, 6.45) is -9.37. The van der Waals surface area contributed by atoms with Gasteiger partial charge in [0.15, 0.2) is 0 Å². The number of hydrogen-bond donors (Lipinski definition) is 1. The molecule has 10 heteroatoms. The third-order valence-electron chi connectivity index (χ3n) is 2.23. The number of aromatic amines is 1. The van der Waals surface area contributed by atoms with Crippen LogP contribution >= 0.6 is 0 Å². The van der Waals surface area contributed by atoms with Crippen LogP contribution in [0.25, 0.3) is 0 Å². The predicted octanol–water partition coefficient (Wildman–Crippen LogP) is 2.32. The van der Waals surface area contributed by atoms with Crippen molar-refractivity contribution in [3.05, 3.63) is 27.5 Å². The van der Waals surface area contributed by atoms with Crippen LogP contribution in [0.5, 0.6) is 5.88 Å². The summed E-state index contributed by atoms with van der Waals surface area (Å²) in [6.45, 7) is 1.35. The predicted molar refractivity (Wildman–Crippen MR) is 59.0 cm³/mol. The van der Waals surface area contributed by atoms with Crippen molar-refractivity contribution >= 4 is 5.97 Å². The Morgan fingerprint density at radius 3 is 2.48 bits per heavy atom. The number of H-pyrrole nitrogens is 1. The van der Waals surface area contributed by atoms with Gasteiger partial charge in [0.1, 0.15) is 0 Å². The van der Waals surface area contributed by atoms with Gasteiger partial charge in [-0.25, -0.2) is 8.78 Å². The van der Waals surface area contributed by atoms with Gasteiger partial charge in [0.25, 0.3) is 12.0 Å². The molecule has 0 saturated heterocycles. The Bertz CT molecular complexity index is 567. The van der Waals surface area contributed by atoms with E-state index >= 15 is 0 Å². The van der Waals surface area contributed by atoms with E-state index in [0.717, 1.165) is 0 Å². The van der Waals surface area contributed by atoms with Gasteiger partial charge in [-0.05, 0) is 6.92 Å². The number of alkyl halides is 5. The zero-order valence-corrected chi connectivity index (χ0v) is 10.6. The van der Waals surface area contributed by atoms with Crippen LogP contribution in [-0.4, -0.2) is 23.9 Å². The first-order valence-electron chi connectivity index (χ1n) is 5.59. The fraction of sp³-hybridized carbons (Fsp3) is 0.455. The second kappa shape index (κ2) is 6.55. The summed E-state index contributed by atoms with van der Waals surface area (Å²) >= 11 is 0. The second-order valence-corrected chi connectivity index (χ2v) is 3.73. The van der Waals surface area contributed by atoms with Gasteiger partial charge in [0.2, 0.25) is 5.88 Å². The molecule has 5 nitrogen and oxygen atoms in total. The van der Waals surface area contributed by atoms with Gasteiger partial charge in [-0.3, -0.25) is 14.6 Å². The number of esters is 1. The number of rotatable bonds is 5. The summed E-state index contributed by atoms with van der Waals surface area (Å²) < 4.78 is 70.3. The van der Waals surface area contributed by atoms with Crippen LogP contribution in [0.1, 0.15) is 24.5 Å². The molecule has 1 heterocycles. The van der Waals surface area contributed by atoms with Gasteiger partial charge in [0, 0.05) is 17.2 Å². The van der Waals surface area contributed by atoms with Crippen LogP contribution in [0.15, 0.2) is 10.9 Å². The maximum Gasteiger partial charge on any atom is 0.574 e. The van der Waals surface area contributed by atoms with Gasteiger partial charge in [-0.1, -0.05) is 0 Å². The van der Waals surface area contributed by atoms with Gasteiger partial charge in [-0.2, -0.15) is 0 Å². The number of ether oxygens (including phenoxy) is 2. The first kappa shape index (κ1) is 16.9. The minimum atomic E-state index is -5.22. The highest BCUT2D eigenvalue weighted by Crippen LogP contribution is 2.30. The van der Waals surface area contributed by atoms with Gasteiger partial charge >= 0.3 is 12.3 Å². The summed E-state index contributed by atoms with van der Waals surface area (Å²) in [7, 11) is 0. The van der Waals surface area contributed by atoms with Crippen molar-refractivity contribution in [1.29, 1.82) is 0 Å². The van der Waals surface area contributed by atoms with Crippen molar-refractivity contribution in [1.82, 2.24) is 4.98 Å². The van der Waals surface area contributed by atoms with Crippen molar-refractivity contribution in [3.63, 3.8) is 0 Å². The number of carbonyl (C=O) groups excluding carboxylic acids is 1. The highest BCUT2D eigenvalue weighted by molar-refractivity contribution is 5.74. The van der Waals surface area contributed by atoms with E-state index in [4.69, 9.17) is 0 Å². The van der Waals surface area contributed by atoms with Crippen molar-refractivity contribution in [2.24, 2.45) is 0 Å². The third kappa shape index (κ3) is 5.04. The molecular formula is C11H10F5NO4. The Kier molecular flexibility index (Phi) is 5.28. The first-order valence-corrected chi connectivity index (χ1v) is 5.59. The molecule has 1 rings (SSSR count). The zero-order chi connectivity index (χ0) is 16.2. The Balaban J connectivity index is 3.32. The van der Waals surface area contributed by atoms with E-state index in [1.807, 2.05) is 0 Å². The average molecular weight is 315 g/mol. The van der Waals surface area contributed by atoms with E-state index in [2.05, 4.69) is 9.47 Å². The van der Waals surface area contributed by atoms with Gasteiger partial charge in [-0.15, -0.1) is 13.2 Å². The van der Waals surface area contributed by atoms with E-state index in [9.17, 15) is 31.5 Å². The maximum atomic E-state index is 12.8. The molecule has 21 heavy (non-hydrogen) atoms. The van der Waals surface area contributed by atoms with Crippen LogP contribution in [-0.2, 0) is 16.0 Å². The standard InChI is InChI=1S/C11H10F5NO4/c1-2-20-8(19)4-6-5(9(12)13)3-7(18)17-10(6)21-11(14,15)16/h3,9H,2,4H2,1H3,(H,17,18). The van der Waals surface area contributed by atoms with Crippen LogP contribution in [0.2, 0.25) is 0 Å². The summed E-state index contributed by atoms with van der Waals surface area (Å²) in [5, 5.41) is 0. The number of hydrogen-bond acceptors (Lipinski definition) is 4. The molecule has 118 valence electrons. The van der Waals surface area contributed by atoms with Crippen LogP contribution in [0.4, 0.5) is 22.0 Å². The van der Waals surface area contributed by atoms with E-state index in [1.165, 1.54) is 6.92 Å². The normalized spacial score (nSPS) is 11.6. The number of aromatic nitrogens is 1. The molecule has 1 N–H and O–H groups in total. The summed E-state index contributed by atoms with van der Waals surface area (Å²) in [6, 6.07) is 0.405. The molecule has 0 aliphatic heterocycles. The van der Waals surface area contributed by atoms with Gasteiger partial charge in [0.05, 0.1) is 13.0 Å². The number of carbonyl (C=O) groups is 1. The molecule has 0 fully saturated rings. The quantitative estimate of drug-likeness (QED) is 0.669. The lowest BCUT2D eigenvalue weighted by molar-refractivity contribution is -0.276. The largest absolute Gasteiger partial charge is 0.574 e. The molecule has 0 atom stereocenters. The molecule has 1 aromatic heterocycles. The van der Waals surface area contributed by atoms with Crippen LogP contribution < -0.4 is 10.3 Å². The van der Waals surface area contributed by atoms with Crippen molar-refractivity contribution < 1.29 is 36.2 Å². The Morgan fingerprint density at radius 2 is 2.00 bits per heavy atom. The highest BCUT2D eigenvalue weighted by Gasteiger charge is 2.34. The summed E-state index contributed by atoms with van der Waals surface area (Å²) in [5.41, 5.74) is -3.01. The van der Waals surface area contributed by atoms with Crippen molar-refractivity contribution in [3.8, 4) is 5.88 Å². The molecule has 0 saturated carbocycles. The van der Waals surface area contributed by atoms with Gasteiger partial charge < -0.3 is 9.47 Å². The summed E-state index contributed by atoms with van der Waals surface area (Å²) in [5.74, 6) is -2.28. The Morgan fingerprint density at radius 1 is 1.38 bits per heavy atom. The second-order valence-electron chi connectivity index (χ2n) is 3.73. The van der Waals surface area contributed by atoms with Crippen molar-refractivity contribution in [2.45, 2.75) is 26.1 Å². The molecule has 0 aliphatic rings. The first-order chi connectivity index (χ1) is 9.64. The smallest absolute Gasteiger partial charge is 0.466 e. The molecule has 0 radical (unpaired) electrons.